The molecule has 0 unspecified atom stereocenters. The van der Waals surface area contributed by atoms with E-state index < -0.39 is 15.8 Å². The van der Waals surface area contributed by atoms with Crippen LogP contribution in [0.25, 0.3) is 5.65 Å². The van der Waals surface area contributed by atoms with Gasteiger partial charge in [-0.15, -0.1) is 0 Å². The van der Waals surface area contributed by atoms with E-state index in [1.807, 2.05) is 32.2 Å². The average Bonchev–Trinajstić information content (AvgIpc) is 3.24. The monoisotopic (exact) mass is 478 g/mol. The van der Waals surface area contributed by atoms with E-state index in [0.29, 0.717) is 32.5 Å². The third-order valence-corrected chi connectivity index (χ3v) is 8.12. The molecule has 4 aromatic rings. The Morgan fingerprint density at radius 2 is 1.91 bits per heavy atom. The van der Waals surface area contributed by atoms with Gasteiger partial charge in [-0.1, -0.05) is 18.2 Å². The maximum atomic E-state index is 14.1. The maximum Gasteiger partial charge on any atom is 0.245 e. The van der Waals surface area contributed by atoms with Crippen LogP contribution in [0.5, 0.6) is 0 Å². The number of piperidine rings is 1. The third kappa shape index (κ3) is 4.28. The summed E-state index contributed by atoms with van der Waals surface area (Å²) in [5.74, 6) is 0.181. The molecule has 0 saturated carbocycles. The first-order chi connectivity index (χ1) is 16.4. The second kappa shape index (κ2) is 9.15. The van der Waals surface area contributed by atoms with Gasteiger partial charge in [0.2, 0.25) is 10.0 Å². The maximum absolute atomic E-state index is 14.1. The zero-order valence-electron chi connectivity index (χ0n) is 18.7. The first-order valence-electron chi connectivity index (χ1n) is 11.2. The number of rotatable bonds is 6. The Balaban J connectivity index is 1.37. The van der Waals surface area contributed by atoms with Crippen LogP contribution in [0.2, 0.25) is 0 Å². The molecule has 11 heteroatoms. The summed E-state index contributed by atoms with van der Waals surface area (Å²) in [6.45, 7) is 1.21. The van der Waals surface area contributed by atoms with Gasteiger partial charge in [0.25, 0.3) is 0 Å². The molecule has 1 aliphatic heterocycles. The van der Waals surface area contributed by atoms with E-state index in [4.69, 9.17) is 4.98 Å². The Morgan fingerprint density at radius 1 is 1.12 bits per heavy atom. The van der Waals surface area contributed by atoms with Gasteiger partial charge in [0.1, 0.15) is 24.4 Å². The Labute approximate surface area is 198 Å². The Morgan fingerprint density at radius 3 is 2.65 bits per heavy atom. The van der Waals surface area contributed by atoms with Crippen LogP contribution in [0.4, 0.5) is 10.2 Å². The topological polar surface area (TPSA) is 92.5 Å². The SMILES string of the molecule is Bc1cnn2c(NCc3cccnc3)cc(C3CCN(S(=O)(=O)c4ccccc4F)CC3)nc12. The molecule has 0 bridgehead atoms. The molecule has 34 heavy (non-hydrogen) atoms. The van der Waals surface area contributed by atoms with Gasteiger partial charge in [0.05, 0.1) is 0 Å². The van der Waals surface area contributed by atoms with Crippen molar-refractivity contribution in [2.24, 2.45) is 0 Å². The zero-order chi connectivity index (χ0) is 23.7. The van der Waals surface area contributed by atoms with Gasteiger partial charge >= 0.3 is 0 Å². The number of anilines is 1. The summed E-state index contributed by atoms with van der Waals surface area (Å²) in [6, 6.07) is 11.4. The van der Waals surface area contributed by atoms with Crippen molar-refractivity contribution in [1.29, 1.82) is 0 Å². The molecule has 0 amide bonds. The minimum absolute atomic E-state index is 0.0883. The van der Waals surface area contributed by atoms with Gasteiger partial charge in [-0.2, -0.15) is 13.9 Å². The average molecular weight is 478 g/mol. The highest BCUT2D eigenvalue weighted by molar-refractivity contribution is 7.89. The standard InChI is InChI=1S/C23H24BFN6O2S/c24-18-15-28-31-22(27-14-16-4-3-9-26-13-16)12-20(29-23(18)31)17-7-10-30(11-8-17)34(32,33)21-6-2-1-5-19(21)25/h1-6,9,12-13,15,17,27H,7-8,10-11,14,24H2. The minimum Gasteiger partial charge on any atom is -0.366 e. The van der Waals surface area contributed by atoms with Crippen LogP contribution in [0, 0.1) is 5.82 Å². The molecular weight excluding hydrogens is 454 g/mol. The molecule has 1 fully saturated rings. The van der Waals surface area contributed by atoms with Crippen LogP contribution < -0.4 is 10.8 Å². The quantitative estimate of drug-likeness (QED) is 0.425. The van der Waals surface area contributed by atoms with E-state index in [0.717, 1.165) is 28.2 Å². The molecule has 1 aromatic carbocycles. The molecule has 3 aromatic heterocycles. The summed E-state index contributed by atoms with van der Waals surface area (Å²) < 4.78 is 43.2. The van der Waals surface area contributed by atoms with Crippen molar-refractivity contribution in [3.8, 4) is 0 Å². The van der Waals surface area contributed by atoms with Crippen LogP contribution in [-0.2, 0) is 16.6 Å². The van der Waals surface area contributed by atoms with Crippen molar-refractivity contribution in [3.05, 3.63) is 78.1 Å². The number of aromatic nitrogens is 4. The molecule has 8 nitrogen and oxygen atoms in total. The number of nitrogens with one attached hydrogen (secondary N) is 1. The number of nitrogens with zero attached hydrogens (tertiary/aromatic N) is 5. The molecule has 1 N–H and O–H groups in total. The molecule has 0 aliphatic carbocycles. The van der Waals surface area contributed by atoms with Crippen LogP contribution >= 0.6 is 0 Å². The fourth-order valence-corrected chi connectivity index (χ4v) is 5.84. The zero-order valence-corrected chi connectivity index (χ0v) is 19.5. The number of sulfonamides is 1. The van der Waals surface area contributed by atoms with Crippen molar-refractivity contribution >= 4 is 34.8 Å². The molecule has 0 atom stereocenters. The fourth-order valence-electron chi connectivity index (χ4n) is 4.31. The molecule has 5 rings (SSSR count). The Hall–Kier alpha value is -3.31. The summed E-state index contributed by atoms with van der Waals surface area (Å²) in [5, 5.41) is 7.89. The second-order valence-corrected chi connectivity index (χ2v) is 10.4. The number of pyridine rings is 1. The van der Waals surface area contributed by atoms with Crippen molar-refractivity contribution in [2.75, 3.05) is 18.4 Å². The van der Waals surface area contributed by atoms with Gasteiger partial charge in [0, 0.05) is 55.9 Å². The first kappa shape index (κ1) is 22.5. The largest absolute Gasteiger partial charge is 0.366 e. The normalized spacial score (nSPS) is 15.6. The van der Waals surface area contributed by atoms with Gasteiger partial charge in [-0.25, -0.2) is 17.8 Å². The van der Waals surface area contributed by atoms with Crippen LogP contribution in [0.3, 0.4) is 0 Å². The predicted molar refractivity (Wildman–Crippen MR) is 130 cm³/mol. The lowest BCUT2D eigenvalue weighted by Crippen LogP contribution is -2.38. The Kier molecular flexibility index (Phi) is 6.05. The number of hydrogen-bond donors (Lipinski definition) is 1. The number of halogens is 1. The fraction of sp³-hybridized carbons (Fsp3) is 0.261. The van der Waals surface area contributed by atoms with Crippen LogP contribution in [-0.4, -0.2) is 53.2 Å². The molecule has 0 spiro atoms. The summed E-state index contributed by atoms with van der Waals surface area (Å²) in [4.78, 5) is 8.74. The number of fused-ring (bicyclic) bond motifs is 1. The van der Waals surface area contributed by atoms with Crippen LogP contribution in [0.15, 0.2) is 66.0 Å². The lowest BCUT2D eigenvalue weighted by Gasteiger charge is -2.31. The minimum atomic E-state index is -3.87. The van der Waals surface area contributed by atoms with Crippen molar-refractivity contribution in [1.82, 2.24) is 23.9 Å². The summed E-state index contributed by atoms with van der Waals surface area (Å²) >= 11 is 0. The number of hydrogen-bond acceptors (Lipinski definition) is 6. The van der Waals surface area contributed by atoms with Crippen LogP contribution in [0.1, 0.15) is 30.0 Å². The summed E-state index contributed by atoms with van der Waals surface area (Å²) in [5.41, 5.74) is 3.68. The smallest absolute Gasteiger partial charge is 0.245 e. The molecule has 1 saturated heterocycles. The van der Waals surface area contributed by atoms with E-state index >= 15 is 0 Å². The van der Waals surface area contributed by atoms with Gasteiger partial charge in [-0.05, 0) is 42.1 Å². The molecule has 1 aliphatic rings. The molecule has 4 heterocycles. The van der Waals surface area contributed by atoms with Crippen molar-refractivity contribution in [2.45, 2.75) is 30.2 Å². The summed E-state index contributed by atoms with van der Waals surface area (Å²) in [6.07, 6.45) is 6.54. The number of benzene rings is 1. The summed E-state index contributed by atoms with van der Waals surface area (Å²) in [7, 11) is -1.91. The first-order valence-corrected chi connectivity index (χ1v) is 12.6. The molecule has 174 valence electrons. The molecular formula is C23H24BFN6O2S. The van der Waals surface area contributed by atoms with E-state index in [-0.39, 0.29) is 10.8 Å². The van der Waals surface area contributed by atoms with E-state index in [2.05, 4.69) is 15.4 Å². The Bertz CT molecular complexity index is 1420. The van der Waals surface area contributed by atoms with Gasteiger partial charge in [-0.3, -0.25) is 4.98 Å². The highest BCUT2D eigenvalue weighted by Gasteiger charge is 2.32. The molecule has 0 radical (unpaired) electrons. The van der Waals surface area contributed by atoms with Crippen molar-refractivity contribution < 1.29 is 12.8 Å². The van der Waals surface area contributed by atoms with E-state index in [9.17, 15) is 12.8 Å². The second-order valence-electron chi connectivity index (χ2n) is 8.45. The van der Waals surface area contributed by atoms with Gasteiger partial charge < -0.3 is 5.32 Å². The lowest BCUT2D eigenvalue weighted by atomic mass is 9.94. The highest BCUT2D eigenvalue weighted by Crippen LogP contribution is 2.31. The van der Waals surface area contributed by atoms with E-state index in [1.165, 1.54) is 28.6 Å². The lowest BCUT2D eigenvalue weighted by molar-refractivity contribution is 0.315. The van der Waals surface area contributed by atoms with Gasteiger partial charge in [0.15, 0.2) is 5.65 Å². The van der Waals surface area contributed by atoms with Crippen molar-refractivity contribution in [3.63, 3.8) is 0 Å². The highest BCUT2D eigenvalue weighted by atomic mass is 32.2. The van der Waals surface area contributed by atoms with E-state index in [1.54, 1.807) is 16.9 Å². The predicted octanol–water partition coefficient (Wildman–Crippen LogP) is 1.70. The third-order valence-electron chi connectivity index (χ3n) is 6.19.